The number of sulfonamides is 1. The summed E-state index contributed by atoms with van der Waals surface area (Å²) in [7, 11) is -3.94. The molecule has 0 aromatic heterocycles. The molecule has 5 nitrogen and oxygen atoms in total. The van der Waals surface area contributed by atoms with Gasteiger partial charge < -0.3 is 9.31 Å². The molecular formula is C14H22BNO4S. The molecule has 1 aliphatic rings. The molecule has 1 saturated heterocycles. The van der Waals surface area contributed by atoms with Gasteiger partial charge in [-0.05, 0) is 40.7 Å². The molecule has 2 rings (SSSR count). The largest absolute Gasteiger partial charge is 0.496 e. The molecule has 0 atom stereocenters. The van der Waals surface area contributed by atoms with Gasteiger partial charge in [0.1, 0.15) is 0 Å². The molecule has 0 aliphatic carbocycles. The first kappa shape index (κ1) is 16.3. The van der Waals surface area contributed by atoms with Crippen molar-refractivity contribution in [2.75, 3.05) is 10.5 Å². The van der Waals surface area contributed by atoms with Crippen LogP contribution in [0.5, 0.6) is 0 Å². The molecule has 1 fully saturated rings. The maximum atomic E-state index is 11.8. The monoisotopic (exact) mass is 311 g/mol. The molecule has 0 amide bonds. The van der Waals surface area contributed by atoms with Gasteiger partial charge in [0, 0.05) is 11.2 Å². The van der Waals surface area contributed by atoms with Crippen LogP contribution in [-0.2, 0) is 19.3 Å². The van der Waals surface area contributed by atoms with E-state index in [1.807, 2.05) is 39.8 Å². The highest BCUT2D eigenvalue weighted by Crippen LogP contribution is 2.37. The van der Waals surface area contributed by atoms with Gasteiger partial charge >= 0.3 is 7.12 Å². The fourth-order valence-corrected chi connectivity index (χ4v) is 2.67. The Bertz CT molecular complexity index is 612. The molecule has 7 heteroatoms. The topological polar surface area (TPSA) is 64.6 Å². The molecule has 1 N–H and O–H groups in total. The van der Waals surface area contributed by atoms with E-state index in [0.717, 1.165) is 0 Å². The van der Waals surface area contributed by atoms with Gasteiger partial charge in [0.2, 0.25) is 10.0 Å². The van der Waals surface area contributed by atoms with Gasteiger partial charge in [0.25, 0.3) is 0 Å². The number of rotatable bonds is 4. The second kappa shape index (κ2) is 5.30. The van der Waals surface area contributed by atoms with Gasteiger partial charge in [0.05, 0.1) is 17.0 Å². The lowest BCUT2D eigenvalue weighted by atomic mass is 9.78. The van der Waals surface area contributed by atoms with Crippen LogP contribution in [0.3, 0.4) is 0 Å². The average molecular weight is 311 g/mol. The van der Waals surface area contributed by atoms with Crippen LogP contribution in [-0.4, -0.2) is 32.5 Å². The molecule has 21 heavy (non-hydrogen) atoms. The summed E-state index contributed by atoms with van der Waals surface area (Å²) in [5.74, 6) is 0.0186. The quantitative estimate of drug-likeness (QED) is 0.861. The van der Waals surface area contributed by atoms with Crippen molar-refractivity contribution in [2.45, 2.75) is 45.8 Å². The van der Waals surface area contributed by atoms with E-state index in [2.05, 4.69) is 4.72 Å². The van der Waals surface area contributed by atoms with Gasteiger partial charge in [-0.1, -0.05) is 18.2 Å². The lowest BCUT2D eigenvalue weighted by molar-refractivity contribution is 0.00578. The van der Waals surface area contributed by atoms with Crippen molar-refractivity contribution in [1.82, 2.24) is 0 Å². The predicted molar refractivity (Wildman–Crippen MR) is 85.2 cm³/mol. The molecule has 1 aromatic rings. The highest BCUT2D eigenvalue weighted by atomic mass is 32.2. The van der Waals surface area contributed by atoms with Crippen LogP contribution >= 0.6 is 0 Å². The van der Waals surface area contributed by atoms with Crippen molar-refractivity contribution in [3.8, 4) is 0 Å². The highest BCUT2D eigenvalue weighted by Gasteiger charge is 2.52. The van der Waals surface area contributed by atoms with Gasteiger partial charge in [-0.25, -0.2) is 8.42 Å². The number of hydrogen-bond acceptors (Lipinski definition) is 4. The first-order valence-corrected chi connectivity index (χ1v) is 8.68. The number of benzene rings is 1. The van der Waals surface area contributed by atoms with E-state index < -0.39 is 28.3 Å². The van der Waals surface area contributed by atoms with E-state index in [1.54, 1.807) is 19.1 Å². The second-order valence-electron chi connectivity index (χ2n) is 6.18. The standard InChI is InChI=1S/C14H22BNO4S/c1-6-21(17,18)16-12-10-8-7-9-11(12)15-19-13(2,3)14(4,5)20-15/h7-10,16H,6H2,1-5H3. The summed E-state index contributed by atoms with van der Waals surface area (Å²) in [6.45, 7) is 9.45. The Labute approximate surface area is 127 Å². The van der Waals surface area contributed by atoms with Crippen LogP contribution in [0.25, 0.3) is 0 Å². The zero-order valence-corrected chi connectivity index (χ0v) is 14.0. The van der Waals surface area contributed by atoms with E-state index in [-0.39, 0.29) is 5.75 Å². The van der Waals surface area contributed by atoms with Crippen LogP contribution in [0.15, 0.2) is 24.3 Å². The Morgan fingerprint density at radius 3 is 2.14 bits per heavy atom. The van der Waals surface area contributed by atoms with Gasteiger partial charge in [-0.15, -0.1) is 0 Å². The fourth-order valence-electron chi connectivity index (χ4n) is 2.01. The van der Waals surface area contributed by atoms with Crippen LogP contribution in [0, 0.1) is 0 Å². The predicted octanol–water partition coefficient (Wildman–Crippen LogP) is 1.75. The summed E-state index contributed by atoms with van der Waals surface area (Å²) in [5.41, 5.74) is 0.258. The molecular weight excluding hydrogens is 289 g/mol. The van der Waals surface area contributed by atoms with E-state index in [4.69, 9.17) is 9.31 Å². The Hall–Kier alpha value is -1.05. The number of hydrogen-bond donors (Lipinski definition) is 1. The van der Waals surface area contributed by atoms with Crippen molar-refractivity contribution >= 4 is 28.3 Å². The summed E-state index contributed by atoms with van der Waals surface area (Å²) in [5, 5.41) is 0. The van der Waals surface area contributed by atoms with Crippen molar-refractivity contribution in [3.05, 3.63) is 24.3 Å². The minimum atomic E-state index is -3.34. The molecule has 0 unspecified atom stereocenters. The lowest BCUT2D eigenvalue weighted by Gasteiger charge is -2.32. The molecule has 0 saturated carbocycles. The van der Waals surface area contributed by atoms with Crippen molar-refractivity contribution in [3.63, 3.8) is 0 Å². The highest BCUT2D eigenvalue weighted by molar-refractivity contribution is 7.92. The van der Waals surface area contributed by atoms with Crippen LogP contribution < -0.4 is 10.2 Å². The Balaban J connectivity index is 2.35. The Kier molecular flexibility index (Phi) is 4.12. The van der Waals surface area contributed by atoms with E-state index in [1.165, 1.54) is 0 Å². The van der Waals surface area contributed by atoms with Crippen molar-refractivity contribution in [1.29, 1.82) is 0 Å². The number of nitrogens with one attached hydrogen (secondary N) is 1. The smallest absolute Gasteiger partial charge is 0.399 e. The Morgan fingerprint density at radius 1 is 1.10 bits per heavy atom. The summed E-state index contributed by atoms with van der Waals surface area (Å²) in [4.78, 5) is 0. The van der Waals surface area contributed by atoms with Crippen molar-refractivity contribution < 1.29 is 17.7 Å². The first-order valence-electron chi connectivity index (χ1n) is 7.03. The SMILES string of the molecule is CCS(=O)(=O)Nc1ccccc1B1OC(C)(C)C(C)(C)O1. The van der Waals surface area contributed by atoms with E-state index in [0.29, 0.717) is 11.2 Å². The molecule has 0 radical (unpaired) electrons. The third-order valence-corrected chi connectivity index (χ3v) is 5.40. The number of para-hydroxylation sites is 1. The molecule has 0 bridgehead atoms. The fraction of sp³-hybridized carbons (Fsp3) is 0.571. The minimum absolute atomic E-state index is 0.0186. The van der Waals surface area contributed by atoms with Crippen LogP contribution in [0.2, 0.25) is 0 Å². The molecule has 0 spiro atoms. The molecule has 116 valence electrons. The zero-order chi connectivity index (χ0) is 15.9. The maximum Gasteiger partial charge on any atom is 0.496 e. The van der Waals surface area contributed by atoms with Gasteiger partial charge in [-0.3, -0.25) is 4.72 Å². The maximum absolute atomic E-state index is 11.8. The normalized spacial score (nSPS) is 20.5. The zero-order valence-electron chi connectivity index (χ0n) is 13.1. The number of anilines is 1. The van der Waals surface area contributed by atoms with E-state index in [9.17, 15) is 8.42 Å². The minimum Gasteiger partial charge on any atom is -0.399 e. The summed E-state index contributed by atoms with van der Waals surface area (Å²) in [6, 6.07) is 7.15. The van der Waals surface area contributed by atoms with Gasteiger partial charge in [-0.2, -0.15) is 0 Å². The van der Waals surface area contributed by atoms with E-state index >= 15 is 0 Å². The lowest BCUT2D eigenvalue weighted by Crippen LogP contribution is -2.41. The summed E-state index contributed by atoms with van der Waals surface area (Å²) >= 11 is 0. The van der Waals surface area contributed by atoms with Gasteiger partial charge in [0.15, 0.2) is 0 Å². The third-order valence-electron chi connectivity index (χ3n) is 4.11. The average Bonchev–Trinajstić information content (AvgIpc) is 2.58. The summed E-state index contributed by atoms with van der Waals surface area (Å²) in [6.07, 6.45) is 0. The molecule has 1 aliphatic heterocycles. The summed E-state index contributed by atoms with van der Waals surface area (Å²) < 4.78 is 38.1. The third kappa shape index (κ3) is 3.25. The van der Waals surface area contributed by atoms with Crippen molar-refractivity contribution in [2.24, 2.45) is 0 Å². The first-order chi connectivity index (χ1) is 9.58. The Morgan fingerprint density at radius 2 is 1.62 bits per heavy atom. The second-order valence-corrected chi connectivity index (χ2v) is 8.19. The van der Waals surface area contributed by atoms with Crippen LogP contribution in [0.1, 0.15) is 34.6 Å². The van der Waals surface area contributed by atoms with Crippen LogP contribution in [0.4, 0.5) is 5.69 Å². The molecule has 1 aromatic carbocycles. The molecule has 1 heterocycles.